The quantitative estimate of drug-likeness (QED) is 0.240. The molecule has 6 fully saturated rings. The van der Waals surface area contributed by atoms with Crippen LogP contribution in [-0.4, -0.2) is 4.98 Å². The zero-order chi connectivity index (χ0) is 28.1. The summed E-state index contributed by atoms with van der Waals surface area (Å²) in [4.78, 5) is 5.54. The monoisotopic (exact) mass is 569 g/mol. The fourth-order valence-electron chi connectivity index (χ4n) is 13.3. The van der Waals surface area contributed by atoms with Crippen LogP contribution in [0, 0.1) is 59.2 Å². The Kier molecular flexibility index (Phi) is 5.94. The van der Waals surface area contributed by atoms with Crippen molar-refractivity contribution < 1.29 is 4.42 Å². The number of rotatable bonds is 2. The molecule has 222 valence electrons. The topological polar surface area (TPSA) is 26.0 Å². The Morgan fingerprint density at radius 1 is 0.512 bits per heavy atom. The van der Waals surface area contributed by atoms with Gasteiger partial charge < -0.3 is 4.42 Å². The van der Waals surface area contributed by atoms with Gasteiger partial charge in [0.25, 0.3) is 0 Å². The third-order valence-corrected chi connectivity index (χ3v) is 14.4. The third-order valence-electron chi connectivity index (χ3n) is 14.4. The number of aromatic nitrogens is 1. The van der Waals surface area contributed by atoms with Gasteiger partial charge in [-0.2, -0.15) is 0 Å². The Balaban J connectivity index is 1.06. The number of fused-ring (bicyclic) bond motifs is 9. The second-order valence-corrected chi connectivity index (χ2v) is 15.9. The number of hydrogen-bond acceptors (Lipinski definition) is 2. The summed E-state index contributed by atoms with van der Waals surface area (Å²) in [5.74, 6) is 10.8. The lowest BCUT2D eigenvalue weighted by Crippen LogP contribution is -2.61. The van der Waals surface area contributed by atoms with Crippen LogP contribution < -0.4 is 0 Å². The number of para-hydroxylation sites is 2. The molecule has 6 saturated carbocycles. The van der Waals surface area contributed by atoms with Gasteiger partial charge in [-0.3, -0.25) is 4.98 Å². The Morgan fingerprint density at radius 2 is 1.09 bits per heavy atom. The molecule has 0 amide bonds. The molecule has 4 aromatic rings. The Hall–Kier alpha value is -2.61. The van der Waals surface area contributed by atoms with E-state index in [2.05, 4.69) is 60.7 Å². The van der Waals surface area contributed by atoms with Gasteiger partial charge in [-0.05, 0) is 135 Å². The first kappa shape index (κ1) is 25.7. The fraction of sp³-hybridized carbons (Fsp3) is 0.585. The highest BCUT2D eigenvalue weighted by Gasteiger charge is 2.63. The number of hydrogen-bond donors (Lipinski definition) is 0. The van der Waals surface area contributed by atoms with E-state index in [-0.39, 0.29) is 0 Å². The van der Waals surface area contributed by atoms with Crippen molar-refractivity contribution in [2.75, 3.05) is 0 Å². The average molecular weight is 570 g/mol. The molecule has 10 rings (SSSR count). The van der Waals surface area contributed by atoms with Gasteiger partial charge in [-0.1, -0.05) is 68.5 Å². The molecule has 0 radical (unpaired) electrons. The molecule has 2 aromatic carbocycles. The maximum Gasteiger partial charge on any atom is 0.144 e. The smallest absolute Gasteiger partial charge is 0.144 e. The molecule has 6 aliphatic carbocycles. The van der Waals surface area contributed by atoms with Gasteiger partial charge in [0.15, 0.2) is 0 Å². The summed E-state index contributed by atoms with van der Waals surface area (Å²) in [5, 5.41) is 2.40. The van der Waals surface area contributed by atoms with Crippen LogP contribution >= 0.6 is 0 Å². The highest BCUT2D eigenvalue weighted by molar-refractivity contribution is 6.09. The molecule has 2 nitrogen and oxygen atoms in total. The van der Waals surface area contributed by atoms with Crippen LogP contribution in [0.1, 0.15) is 95.1 Å². The summed E-state index contributed by atoms with van der Waals surface area (Å²) in [7, 11) is 0. The van der Waals surface area contributed by atoms with Crippen molar-refractivity contribution in [2.24, 2.45) is 59.2 Å². The summed E-state index contributed by atoms with van der Waals surface area (Å²) in [6, 6.07) is 22.0. The van der Waals surface area contributed by atoms with E-state index in [9.17, 15) is 0 Å². The predicted octanol–water partition coefficient (Wildman–Crippen LogP) is 11.0. The molecular weight excluding hydrogens is 522 g/mol. The van der Waals surface area contributed by atoms with Crippen molar-refractivity contribution in [3.63, 3.8) is 0 Å². The van der Waals surface area contributed by atoms with Gasteiger partial charge in [-0.25, -0.2) is 0 Å². The van der Waals surface area contributed by atoms with Crippen molar-refractivity contribution >= 4 is 21.9 Å². The van der Waals surface area contributed by atoms with Crippen molar-refractivity contribution in [3.05, 3.63) is 66.4 Å². The third kappa shape index (κ3) is 3.80. The van der Waals surface area contributed by atoms with Crippen molar-refractivity contribution in [2.45, 2.75) is 89.4 Å². The van der Waals surface area contributed by atoms with Gasteiger partial charge in [0.2, 0.25) is 0 Å². The van der Waals surface area contributed by atoms with Crippen molar-refractivity contribution in [1.29, 1.82) is 0 Å². The van der Waals surface area contributed by atoms with E-state index in [4.69, 9.17) is 9.40 Å². The van der Waals surface area contributed by atoms with Crippen LogP contribution in [0.2, 0.25) is 0 Å². The lowest BCUT2D eigenvalue weighted by molar-refractivity contribution is -0.189. The van der Waals surface area contributed by atoms with E-state index in [1.165, 1.54) is 74.3 Å². The summed E-state index contributed by atoms with van der Waals surface area (Å²) in [6.07, 6.45) is 19.6. The fourth-order valence-corrected chi connectivity index (χ4v) is 13.3. The van der Waals surface area contributed by atoms with E-state index < -0.39 is 0 Å². The molecule has 0 aliphatic heterocycles. The second kappa shape index (κ2) is 9.95. The zero-order valence-electron chi connectivity index (χ0n) is 25.7. The number of pyridine rings is 1. The minimum Gasteiger partial charge on any atom is -0.455 e. The largest absolute Gasteiger partial charge is 0.455 e. The van der Waals surface area contributed by atoms with Gasteiger partial charge in [0.1, 0.15) is 11.2 Å². The number of benzene rings is 2. The lowest BCUT2D eigenvalue weighted by Gasteiger charge is -2.68. The van der Waals surface area contributed by atoms with Gasteiger partial charge in [-0.15, -0.1) is 0 Å². The van der Waals surface area contributed by atoms with E-state index in [0.717, 1.165) is 81.6 Å². The predicted molar refractivity (Wildman–Crippen MR) is 175 cm³/mol. The van der Waals surface area contributed by atoms with E-state index >= 15 is 0 Å². The zero-order valence-corrected chi connectivity index (χ0v) is 25.7. The molecule has 2 heterocycles. The van der Waals surface area contributed by atoms with E-state index in [1.54, 1.807) is 25.7 Å². The highest BCUT2D eigenvalue weighted by atomic mass is 16.3. The number of nitrogens with zero attached hydrogens (tertiary/aromatic N) is 1. The molecule has 8 unspecified atom stereocenters. The molecule has 2 heteroatoms. The lowest BCUT2D eigenvalue weighted by atomic mass is 9.37. The van der Waals surface area contributed by atoms with Gasteiger partial charge in [0.05, 0.1) is 5.69 Å². The average Bonchev–Trinajstić information content (AvgIpc) is 3.47. The highest BCUT2D eigenvalue weighted by Crippen LogP contribution is 2.70. The first-order valence-electron chi connectivity index (χ1n) is 18.2. The molecule has 43 heavy (non-hydrogen) atoms. The SMILES string of the molecule is c1cc(-c2cccc3c2oc2ccccc23)nc(C2CC3C4CCCCC4C4CCCC5C6CCCCC6C(C2)C3C45)c1. The molecular formula is C41H47NO. The summed E-state index contributed by atoms with van der Waals surface area (Å²) < 4.78 is 6.46. The molecule has 0 saturated heterocycles. The molecule has 0 spiro atoms. The van der Waals surface area contributed by atoms with Crippen LogP contribution in [0.25, 0.3) is 33.2 Å². The van der Waals surface area contributed by atoms with Crippen LogP contribution in [0.15, 0.2) is 65.1 Å². The Labute approximate surface area is 257 Å². The van der Waals surface area contributed by atoms with Crippen LogP contribution in [-0.2, 0) is 0 Å². The van der Waals surface area contributed by atoms with Gasteiger partial charge >= 0.3 is 0 Å². The minimum atomic E-state index is 0.614. The van der Waals surface area contributed by atoms with E-state index in [0.29, 0.717) is 5.92 Å². The standard InChI is InChI=1S/C41H47NO/c1-3-12-27-25(10-1)30-15-7-16-31-26-11-2-4-13-28(26)35-23-24(22-34(27)40(35)39(30)31)36-19-9-20-37(42-36)33-18-8-17-32-29-14-5-6-21-38(29)43-41(32)33/h5-6,8-9,14,17-21,24-28,30-31,34-35,39-40H,1-4,7,10-13,15-16,22-23H2. The molecule has 0 N–H and O–H groups in total. The molecule has 2 aromatic heterocycles. The van der Waals surface area contributed by atoms with Crippen molar-refractivity contribution in [3.8, 4) is 11.3 Å². The summed E-state index contributed by atoms with van der Waals surface area (Å²) in [5.41, 5.74) is 5.57. The summed E-state index contributed by atoms with van der Waals surface area (Å²) in [6.45, 7) is 0. The maximum absolute atomic E-state index is 6.46. The first-order valence-corrected chi connectivity index (χ1v) is 18.2. The van der Waals surface area contributed by atoms with Crippen LogP contribution in [0.5, 0.6) is 0 Å². The normalized spacial score (nSPS) is 40.0. The van der Waals surface area contributed by atoms with Crippen LogP contribution in [0.4, 0.5) is 0 Å². The molecule has 8 atom stereocenters. The number of furan rings is 1. The van der Waals surface area contributed by atoms with Crippen LogP contribution in [0.3, 0.4) is 0 Å². The molecule has 0 bridgehead atoms. The second-order valence-electron chi connectivity index (χ2n) is 15.9. The maximum atomic E-state index is 6.46. The molecule has 6 aliphatic rings. The van der Waals surface area contributed by atoms with Crippen molar-refractivity contribution in [1.82, 2.24) is 4.98 Å². The Morgan fingerprint density at radius 3 is 1.81 bits per heavy atom. The minimum absolute atomic E-state index is 0.614. The van der Waals surface area contributed by atoms with Gasteiger partial charge in [0, 0.05) is 27.9 Å². The summed E-state index contributed by atoms with van der Waals surface area (Å²) >= 11 is 0. The van der Waals surface area contributed by atoms with E-state index in [1.807, 2.05) is 0 Å². The first-order chi connectivity index (χ1) is 21.3. The Bertz CT molecular complexity index is 1620.